The molecule has 1 heterocycles. The van der Waals surface area contributed by atoms with Gasteiger partial charge in [-0.2, -0.15) is 0 Å². The van der Waals surface area contributed by atoms with Crippen molar-refractivity contribution in [2.45, 2.75) is 40.3 Å². The minimum absolute atomic E-state index is 0.0852. The Morgan fingerprint density at radius 3 is 2.26 bits per heavy atom. The summed E-state index contributed by atoms with van der Waals surface area (Å²) in [5.41, 5.74) is 2.55. The second kappa shape index (κ2) is 10.7. The van der Waals surface area contributed by atoms with E-state index in [-0.39, 0.29) is 30.5 Å². The average Bonchev–Trinajstić information content (AvgIpc) is 3.11. The van der Waals surface area contributed by atoms with Gasteiger partial charge in [0.15, 0.2) is 5.78 Å². The number of hydrogen-bond acceptors (Lipinski definition) is 4. The predicted octanol–water partition coefficient (Wildman–Crippen LogP) is 5.51. The molecule has 0 spiro atoms. The summed E-state index contributed by atoms with van der Waals surface area (Å²) in [4.78, 5) is 43.7. The van der Waals surface area contributed by atoms with Crippen LogP contribution in [-0.4, -0.2) is 40.2 Å². The summed E-state index contributed by atoms with van der Waals surface area (Å²) < 4.78 is 18.5. The minimum atomic E-state index is -0.878. The van der Waals surface area contributed by atoms with Crippen LogP contribution in [0.25, 0.3) is 0 Å². The maximum Gasteiger partial charge on any atom is 0.355 e. The third-order valence-electron chi connectivity index (χ3n) is 5.63. The van der Waals surface area contributed by atoms with E-state index < -0.39 is 17.8 Å². The van der Waals surface area contributed by atoms with Crippen molar-refractivity contribution < 1.29 is 23.5 Å². The number of hydrogen-bond donors (Lipinski definition) is 1. The van der Waals surface area contributed by atoms with Crippen molar-refractivity contribution in [1.29, 1.82) is 0 Å². The lowest BCUT2D eigenvalue weighted by Crippen LogP contribution is -2.43. The summed E-state index contributed by atoms with van der Waals surface area (Å²) >= 11 is 5.96. The molecule has 3 rings (SSSR count). The molecule has 0 aliphatic carbocycles. The van der Waals surface area contributed by atoms with E-state index in [9.17, 15) is 18.8 Å². The van der Waals surface area contributed by atoms with Gasteiger partial charge in [-0.15, -0.1) is 0 Å². The zero-order valence-corrected chi connectivity index (χ0v) is 20.2. The van der Waals surface area contributed by atoms with Crippen molar-refractivity contribution in [2.24, 2.45) is 0 Å². The van der Waals surface area contributed by atoms with Crippen molar-refractivity contribution in [3.8, 4) is 0 Å². The molecule has 0 radical (unpaired) electrons. The van der Waals surface area contributed by atoms with Gasteiger partial charge in [-0.25, -0.2) is 9.18 Å². The first-order valence-corrected chi connectivity index (χ1v) is 11.2. The Balaban J connectivity index is 1.99. The molecule has 0 saturated heterocycles. The van der Waals surface area contributed by atoms with Crippen molar-refractivity contribution >= 4 is 29.3 Å². The number of aromatic amines is 1. The third kappa shape index (κ3) is 5.37. The van der Waals surface area contributed by atoms with E-state index in [1.165, 1.54) is 17.0 Å². The molecule has 0 saturated carbocycles. The highest BCUT2D eigenvalue weighted by Gasteiger charge is 2.32. The SMILES string of the molecule is CCOC(=O)c1[nH]c(C)c(C(=O)[C@@H](C)N(Cc2ccc(F)cc2)C(=O)c2ccc(Cl)cc2)c1C. The molecule has 0 unspecified atom stereocenters. The summed E-state index contributed by atoms with van der Waals surface area (Å²) in [7, 11) is 0. The number of H-pyrrole nitrogens is 1. The van der Waals surface area contributed by atoms with Crippen LogP contribution >= 0.6 is 11.6 Å². The van der Waals surface area contributed by atoms with Crippen LogP contribution in [0.3, 0.4) is 0 Å². The number of rotatable bonds is 8. The number of carbonyl (C=O) groups is 3. The number of ketones is 1. The lowest BCUT2D eigenvalue weighted by Gasteiger charge is -2.29. The quantitative estimate of drug-likeness (QED) is 0.337. The summed E-state index contributed by atoms with van der Waals surface area (Å²) in [6.45, 7) is 6.99. The second-order valence-electron chi connectivity index (χ2n) is 7.95. The van der Waals surface area contributed by atoms with Crippen LogP contribution in [0.15, 0.2) is 48.5 Å². The zero-order chi connectivity index (χ0) is 25.0. The number of benzene rings is 2. The van der Waals surface area contributed by atoms with Gasteiger partial charge in [0.05, 0.1) is 12.6 Å². The molecule has 34 heavy (non-hydrogen) atoms. The molecule has 178 valence electrons. The number of aromatic nitrogens is 1. The van der Waals surface area contributed by atoms with Crippen molar-refractivity contribution in [2.75, 3.05) is 6.61 Å². The first-order chi connectivity index (χ1) is 16.1. The van der Waals surface area contributed by atoms with Crippen LogP contribution < -0.4 is 0 Å². The molecule has 1 amide bonds. The number of Topliss-reactive ketones (excluding diaryl/α,β-unsaturated/α-hetero) is 1. The Morgan fingerprint density at radius 1 is 1.06 bits per heavy atom. The maximum absolute atomic E-state index is 13.6. The smallest absolute Gasteiger partial charge is 0.355 e. The van der Waals surface area contributed by atoms with Crippen molar-refractivity contribution in [3.05, 3.63) is 93.0 Å². The molecular formula is C26H26ClFN2O4. The van der Waals surface area contributed by atoms with Gasteiger partial charge in [-0.3, -0.25) is 9.59 Å². The number of aryl methyl sites for hydroxylation is 1. The zero-order valence-electron chi connectivity index (χ0n) is 19.4. The molecule has 0 fully saturated rings. The molecule has 1 atom stereocenters. The number of nitrogens with zero attached hydrogens (tertiary/aromatic N) is 1. The van der Waals surface area contributed by atoms with Gasteiger partial charge in [-0.1, -0.05) is 23.7 Å². The van der Waals surface area contributed by atoms with Crippen LogP contribution in [0.4, 0.5) is 4.39 Å². The molecule has 0 bridgehead atoms. The molecular weight excluding hydrogens is 459 g/mol. The monoisotopic (exact) mass is 484 g/mol. The largest absolute Gasteiger partial charge is 0.461 e. The minimum Gasteiger partial charge on any atom is -0.461 e. The highest BCUT2D eigenvalue weighted by Crippen LogP contribution is 2.24. The standard InChI is InChI=1S/C26H26ClFN2O4/c1-5-34-26(33)23-15(2)22(16(3)29-23)24(31)17(4)30(14-18-6-12-21(28)13-7-18)25(32)19-8-10-20(27)11-9-19/h6-13,17,29H,5,14H2,1-4H3/t17-/m1/s1. The van der Waals surface area contributed by atoms with Crippen LogP contribution in [0.1, 0.15) is 61.9 Å². The molecule has 0 aliphatic rings. The van der Waals surface area contributed by atoms with Gasteiger partial charge >= 0.3 is 5.97 Å². The van der Waals surface area contributed by atoms with Crippen LogP contribution in [0.2, 0.25) is 5.02 Å². The van der Waals surface area contributed by atoms with Gasteiger partial charge in [0.2, 0.25) is 0 Å². The van der Waals surface area contributed by atoms with E-state index in [2.05, 4.69) is 4.98 Å². The fraction of sp³-hybridized carbons (Fsp3) is 0.269. The molecule has 1 N–H and O–H groups in total. The van der Waals surface area contributed by atoms with Gasteiger partial charge in [0.1, 0.15) is 11.5 Å². The second-order valence-corrected chi connectivity index (χ2v) is 8.39. The summed E-state index contributed by atoms with van der Waals surface area (Å²) in [6, 6.07) is 11.2. The lowest BCUT2D eigenvalue weighted by molar-refractivity contribution is 0.0518. The topological polar surface area (TPSA) is 79.5 Å². The van der Waals surface area contributed by atoms with Gasteiger partial charge < -0.3 is 14.6 Å². The van der Waals surface area contributed by atoms with E-state index >= 15 is 0 Å². The van der Waals surface area contributed by atoms with Gasteiger partial charge in [0.25, 0.3) is 5.91 Å². The Kier molecular flexibility index (Phi) is 7.89. The van der Waals surface area contributed by atoms with Crippen LogP contribution in [0.5, 0.6) is 0 Å². The predicted molar refractivity (Wildman–Crippen MR) is 128 cm³/mol. The Hall–Kier alpha value is -3.45. The first-order valence-electron chi connectivity index (χ1n) is 10.9. The van der Waals surface area contributed by atoms with Gasteiger partial charge in [-0.05, 0) is 75.2 Å². The molecule has 2 aromatic carbocycles. The molecule has 3 aromatic rings. The maximum atomic E-state index is 13.6. The molecule has 6 nitrogen and oxygen atoms in total. The van der Waals surface area contributed by atoms with E-state index in [1.807, 2.05) is 0 Å². The van der Waals surface area contributed by atoms with Crippen molar-refractivity contribution in [3.63, 3.8) is 0 Å². The van der Waals surface area contributed by atoms with Crippen molar-refractivity contribution in [1.82, 2.24) is 9.88 Å². The highest BCUT2D eigenvalue weighted by molar-refractivity contribution is 6.30. The summed E-state index contributed by atoms with van der Waals surface area (Å²) in [5.74, 6) is -1.65. The Labute approximate surface area is 202 Å². The normalized spacial score (nSPS) is 11.7. The van der Waals surface area contributed by atoms with Crippen LogP contribution in [0, 0.1) is 19.7 Å². The Morgan fingerprint density at radius 2 is 1.68 bits per heavy atom. The average molecular weight is 485 g/mol. The number of nitrogens with one attached hydrogen (secondary N) is 1. The molecule has 1 aromatic heterocycles. The number of amides is 1. The molecule has 0 aliphatic heterocycles. The fourth-order valence-corrected chi connectivity index (χ4v) is 3.93. The Bertz CT molecular complexity index is 1200. The summed E-state index contributed by atoms with van der Waals surface area (Å²) in [5, 5.41) is 0.482. The van der Waals surface area contributed by atoms with E-state index in [0.29, 0.717) is 33.0 Å². The first kappa shape index (κ1) is 25.2. The fourth-order valence-electron chi connectivity index (χ4n) is 3.81. The third-order valence-corrected chi connectivity index (χ3v) is 5.88. The summed E-state index contributed by atoms with van der Waals surface area (Å²) in [6.07, 6.45) is 0. The van der Waals surface area contributed by atoms with E-state index in [1.54, 1.807) is 64.1 Å². The molecule has 8 heteroatoms. The highest BCUT2D eigenvalue weighted by atomic mass is 35.5. The van der Waals surface area contributed by atoms with E-state index in [0.717, 1.165) is 0 Å². The lowest BCUT2D eigenvalue weighted by atomic mass is 9.98. The van der Waals surface area contributed by atoms with E-state index in [4.69, 9.17) is 16.3 Å². The van der Waals surface area contributed by atoms with Gasteiger partial charge in [0, 0.05) is 28.4 Å². The number of esters is 1. The number of halogens is 2. The van der Waals surface area contributed by atoms with Crippen LogP contribution in [-0.2, 0) is 11.3 Å². The number of ether oxygens (including phenoxy) is 1. The number of carbonyl (C=O) groups excluding carboxylic acids is 3.